The Morgan fingerprint density at radius 3 is 2.72 bits per heavy atom. The van der Waals surface area contributed by atoms with Crippen molar-refractivity contribution >= 4 is 5.69 Å². The third kappa shape index (κ3) is 2.36. The van der Waals surface area contributed by atoms with Crippen molar-refractivity contribution < 1.29 is 4.92 Å². The zero-order chi connectivity index (χ0) is 13.1. The Bertz CT molecular complexity index is 597. The van der Waals surface area contributed by atoms with Crippen LogP contribution in [0.3, 0.4) is 0 Å². The second-order valence-corrected chi connectivity index (χ2v) is 3.95. The van der Waals surface area contributed by atoms with E-state index in [9.17, 15) is 10.1 Å². The molecule has 1 aromatic heterocycles. The first-order valence-corrected chi connectivity index (χ1v) is 5.53. The van der Waals surface area contributed by atoms with Crippen molar-refractivity contribution in [2.45, 2.75) is 13.5 Å². The lowest BCUT2D eigenvalue weighted by Gasteiger charge is -2.06. The van der Waals surface area contributed by atoms with E-state index in [0.717, 1.165) is 16.8 Å². The number of hydrogen-bond acceptors (Lipinski definition) is 4. The van der Waals surface area contributed by atoms with Gasteiger partial charge in [0.1, 0.15) is 0 Å². The van der Waals surface area contributed by atoms with Gasteiger partial charge in [0.05, 0.1) is 10.6 Å². The molecule has 0 bridgehead atoms. The highest BCUT2D eigenvalue weighted by Gasteiger charge is 2.08. The van der Waals surface area contributed by atoms with Gasteiger partial charge in [0.25, 0.3) is 5.69 Å². The zero-order valence-corrected chi connectivity index (χ0v) is 9.96. The van der Waals surface area contributed by atoms with Gasteiger partial charge in [-0.05, 0) is 18.6 Å². The fraction of sp³-hybridized carbons (Fsp3) is 0.154. The van der Waals surface area contributed by atoms with Crippen LogP contribution in [0.4, 0.5) is 5.69 Å². The Balaban J connectivity index is 2.45. The monoisotopic (exact) mass is 243 g/mol. The number of nitrogens with zero attached hydrogens (tertiary/aromatic N) is 2. The SMILES string of the molecule is Cc1nc(-c2cccc([N+](=O)[O-])c2)ccc1CN. The number of nitrogens with two attached hydrogens (primary N) is 1. The highest BCUT2D eigenvalue weighted by atomic mass is 16.6. The average molecular weight is 243 g/mol. The smallest absolute Gasteiger partial charge is 0.270 e. The summed E-state index contributed by atoms with van der Waals surface area (Å²) in [6.07, 6.45) is 0. The van der Waals surface area contributed by atoms with E-state index in [1.165, 1.54) is 12.1 Å². The Kier molecular flexibility index (Phi) is 3.34. The van der Waals surface area contributed by atoms with Crippen LogP contribution in [-0.4, -0.2) is 9.91 Å². The van der Waals surface area contributed by atoms with Crippen molar-refractivity contribution in [1.29, 1.82) is 0 Å². The number of aromatic nitrogens is 1. The summed E-state index contributed by atoms with van der Waals surface area (Å²) in [5.74, 6) is 0. The minimum atomic E-state index is -0.412. The van der Waals surface area contributed by atoms with Gasteiger partial charge < -0.3 is 5.73 Å². The number of pyridine rings is 1. The maximum absolute atomic E-state index is 10.7. The molecule has 0 fully saturated rings. The van der Waals surface area contributed by atoms with Gasteiger partial charge in [-0.2, -0.15) is 0 Å². The van der Waals surface area contributed by atoms with Crippen molar-refractivity contribution in [2.24, 2.45) is 5.73 Å². The molecule has 2 aromatic rings. The maximum Gasteiger partial charge on any atom is 0.270 e. The highest BCUT2D eigenvalue weighted by molar-refractivity contribution is 5.62. The first-order valence-electron chi connectivity index (χ1n) is 5.53. The molecule has 92 valence electrons. The summed E-state index contributed by atoms with van der Waals surface area (Å²) in [6, 6.07) is 10.2. The third-order valence-electron chi connectivity index (χ3n) is 2.77. The van der Waals surface area contributed by atoms with Crippen molar-refractivity contribution in [1.82, 2.24) is 4.98 Å². The van der Waals surface area contributed by atoms with E-state index in [-0.39, 0.29) is 5.69 Å². The summed E-state index contributed by atoms with van der Waals surface area (Å²) in [5, 5.41) is 10.7. The Morgan fingerprint density at radius 1 is 1.33 bits per heavy atom. The molecular weight excluding hydrogens is 230 g/mol. The summed E-state index contributed by atoms with van der Waals surface area (Å²) in [4.78, 5) is 14.7. The molecule has 2 N–H and O–H groups in total. The van der Waals surface area contributed by atoms with Gasteiger partial charge >= 0.3 is 0 Å². The summed E-state index contributed by atoms with van der Waals surface area (Å²) in [6.45, 7) is 2.32. The van der Waals surface area contributed by atoms with E-state index in [4.69, 9.17) is 5.73 Å². The van der Waals surface area contributed by atoms with Crippen molar-refractivity contribution in [3.8, 4) is 11.3 Å². The van der Waals surface area contributed by atoms with E-state index in [2.05, 4.69) is 4.98 Å². The Hall–Kier alpha value is -2.27. The van der Waals surface area contributed by atoms with E-state index in [1.807, 2.05) is 19.1 Å². The van der Waals surface area contributed by atoms with E-state index in [0.29, 0.717) is 12.2 Å². The minimum Gasteiger partial charge on any atom is -0.326 e. The molecule has 1 heterocycles. The standard InChI is InChI=1S/C13H13N3O2/c1-9-11(8-14)5-6-13(15-9)10-3-2-4-12(7-10)16(17)18/h2-7H,8,14H2,1H3. The van der Waals surface area contributed by atoms with Gasteiger partial charge in [0, 0.05) is 29.9 Å². The fourth-order valence-corrected chi connectivity index (χ4v) is 1.75. The molecule has 0 aliphatic carbocycles. The van der Waals surface area contributed by atoms with Gasteiger partial charge in [-0.25, -0.2) is 0 Å². The molecule has 0 aliphatic rings. The normalized spacial score (nSPS) is 10.3. The third-order valence-corrected chi connectivity index (χ3v) is 2.77. The molecular formula is C13H13N3O2. The zero-order valence-electron chi connectivity index (χ0n) is 9.96. The first-order chi connectivity index (χ1) is 8.61. The van der Waals surface area contributed by atoms with Crippen LogP contribution in [0.2, 0.25) is 0 Å². The molecule has 0 atom stereocenters. The fourth-order valence-electron chi connectivity index (χ4n) is 1.75. The lowest BCUT2D eigenvalue weighted by atomic mass is 10.1. The molecule has 18 heavy (non-hydrogen) atoms. The second-order valence-electron chi connectivity index (χ2n) is 3.95. The predicted octanol–water partition coefficient (Wildman–Crippen LogP) is 2.42. The largest absolute Gasteiger partial charge is 0.326 e. The van der Waals surface area contributed by atoms with Crippen LogP contribution in [0.5, 0.6) is 0 Å². The van der Waals surface area contributed by atoms with Gasteiger partial charge in [0.2, 0.25) is 0 Å². The van der Waals surface area contributed by atoms with Crippen LogP contribution in [0.25, 0.3) is 11.3 Å². The topological polar surface area (TPSA) is 82.0 Å². The summed E-state index contributed by atoms with van der Waals surface area (Å²) >= 11 is 0. The predicted molar refractivity (Wildman–Crippen MR) is 69.0 cm³/mol. The number of non-ortho nitro benzene ring substituents is 1. The Labute approximate surface area is 104 Å². The van der Waals surface area contributed by atoms with Gasteiger partial charge in [0.15, 0.2) is 0 Å². The molecule has 0 saturated heterocycles. The molecule has 0 radical (unpaired) electrons. The lowest BCUT2D eigenvalue weighted by molar-refractivity contribution is -0.384. The Morgan fingerprint density at radius 2 is 2.11 bits per heavy atom. The van der Waals surface area contributed by atoms with Gasteiger partial charge in [-0.3, -0.25) is 15.1 Å². The molecule has 1 aromatic carbocycles. The van der Waals surface area contributed by atoms with Crippen LogP contribution in [0.15, 0.2) is 36.4 Å². The second kappa shape index (κ2) is 4.93. The number of nitro groups is 1. The first kappa shape index (κ1) is 12.2. The molecule has 0 amide bonds. The van der Waals surface area contributed by atoms with Crippen LogP contribution in [-0.2, 0) is 6.54 Å². The number of hydrogen-bond donors (Lipinski definition) is 1. The quantitative estimate of drug-likeness (QED) is 0.663. The summed E-state index contributed by atoms with van der Waals surface area (Å²) < 4.78 is 0. The van der Waals surface area contributed by atoms with E-state index >= 15 is 0 Å². The van der Waals surface area contributed by atoms with Crippen LogP contribution in [0, 0.1) is 17.0 Å². The van der Waals surface area contributed by atoms with E-state index in [1.54, 1.807) is 12.1 Å². The van der Waals surface area contributed by atoms with Crippen LogP contribution in [0.1, 0.15) is 11.3 Å². The lowest BCUT2D eigenvalue weighted by Crippen LogP contribution is -2.01. The van der Waals surface area contributed by atoms with Crippen molar-refractivity contribution in [3.63, 3.8) is 0 Å². The number of benzene rings is 1. The van der Waals surface area contributed by atoms with E-state index < -0.39 is 4.92 Å². The van der Waals surface area contributed by atoms with Crippen molar-refractivity contribution in [2.75, 3.05) is 0 Å². The molecule has 0 spiro atoms. The number of aryl methyl sites for hydroxylation is 1. The molecule has 0 aliphatic heterocycles. The highest BCUT2D eigenvalue weighted by Crippen LogP contribution is 2.23. The molecule has 0 saturated carbocycles. The molecule has 0 unspecified atom stereocenters. The number of nitro benzene ring substituents is 1. The maximum atomic E-state index is 10.7. The minimum absolute atomic E-state index is 0.0647. The van der Waals surface area contributed by atoms with Crippen molar-refractivity contribution in [3.05, 3.63) is 57.8 Å². The molecule has 5 nitrogen and oxygen atoms in total. The summed E-state index contributed by atoms with van der Waals surface area (Å²) in [7, 11) is 0. The molecule has 5 heteroatoms. The van der Waals surface area contributed by atoms with Gasteiger partial charge in [-0.15, -0.1) is 0 Å². The van der Waals surface area contributed by atoms with Gasteiger partial charge in [-0.1, -0.05) is 18.2 Å². The summed E-state index contributed by atoms with van der Waals surface area (Å²) in [5.41, 5.74) is 8.91. The number of rotatable bonds is 3. The van der Waals surface area contributed by atoms with Crippen LogP contribution >= 0.6 is 0 Å². The molecule has 2 rings (SSSR count). The average Bonchev–Trinajstić information content (AvgIpc) is 2.38. The van der Waals surface area contributed by atoms with Crippen LogP contribution < -0.4 is 5.73 Å².